The number of hydrogen-bond donors (Lipinski definition) is 1. The average molecular weight is 333 g/mol. The molecule has 0 aliphatic carbocycles. The Morgan fingerprint density at radius 3 is 2.48 bits per heavy atom. The maximum Gasteiger partial charge on any atom is 0.244 e. The number of terminal acetylenes is 1. The molecule has 5 heteroatoms. The standard InChI is InChI=1S/C18H23NO3S/c1-3-14-19(15-8-6-4-5-7-9-16-20)23(21,22)18-12-10-17(2)11-13-18/h1,4-6,8,10-13,20H,7,9,14-16H2,2H3/b5-4+,8-6+. The zero-order valence-electron chi connectivity index (χ0n) is 13.4. The van der Waals surface area contributed by atoms with E-state index in [0.29, 0.717) is 0 Å². The zero-order chi connectivity index (χ0) is 17.1. The molecule has 0 heterocycles. The maximum atomic E-state index is 12.6. The molecule has 0 saturated heterocycles. The molecule has 1 aromatic carbocycles. The zero-order valence-corrected chi connectivity index (χ0v) is 14.2. The topological polar surface area (TPSA) is 57.6 Å². The lowest BCUT2D eigenvalue weighted by Crippen LogP contribution is -2.31. The predicted octanol–water partition coefficient (Wildman–Crippen LogP) is 2.50. The van der Waals surface area contributed by atoms with Crippen LogP contribution in [0.15, 0.2) is 53.5 Å². The highest BCUT2D eigenvalue weighted by molar-refractivity contribution is 7.89. The van der Waals surface area contributed by atoms with Gasteiger partial charge in [0.1, 0.15) is 0 Å². The first kappa shape index (κ1) is 19.2. The number of nitrogens with zero attached hydrogens (tertiary/aromatic N) is 1. The molecular weight excluding hydrogens is 310 g/mol. The minimum atomic E-state index is -3.60. The number of allylic oxidation sites excluding steroid dienone is 3. The molecule has 124 valence electrons. The average Bonchev–Trinajstić information content (AvgIpc) is 2.53. The van der Waals surface area contributed by atoms with E-state index in [2.05, 4.69) is 5.92 Å². The Morgan fingerprint density at radius 2 is 1.87 bits per heavy atom. The summed E-state index contributed by atoms with van der Waals surface area (Å²) in [7, 11) is -3.60. The van der Waals surface area contributed by atoms with Crippen LogP contribution in [0, 0.1) is 19.3 Å². The van der Waals surface area contributed by atoms with Gasteiger partial charge in [0.05, 0.1) is 11.4 Å². The van der Waals surface area contributed by atoms with E-state index >= 15 is 0 Å². The molecule has 0 atom stereocenters. The van der Waals surface area contributed by atoms with Crippen LogP contribution < -0.4 is 0 Å². The molecule has 0 amide bonds. The second-order valence-corrected chi connectivity index (χ2v) is 6.97. The first-order chi connectivity index (χ1) is 11.0. The van der Waals surface area contributed by atoms with Crippen molar-refractivity contribution in [2.45, 2.75) is 24.7 Å². The number of aliphatic hydroxyl groups is 1. The van der Waals surface area contributed by atoms with Gasteiger partial charge in [0.2, 0.25) is 10.0 Å². The molecule has 1 rings (SSSR count). The molecule has 0 fully saturated rings. The van der Waals surface area contributed by atoms with Gasteiger partial charge >= 0.3 is 0 Å². The van der Waals surface area contributed by atoms with Gasteiger partial charge in [-0.2, -0.15) is 4.31 Å². The number of hydrogen-bond acceptors (Lipinski definition) is 3. The number of aliphatic hydroxyl groups excluding tert-OH is 1. The Labute approximate surface area is 139 Å². The highest BCUT2D eigenvalue weighted by Crippen LogP contribution is 2.16. The molecule has 0 spiro atoms. The number of unbranched alkanes of at least 4 members (excludes halogenated alkanes) is 1. The fraction of sp³-hybridized carbons (Fsp3) is 0.333. The highest BCUT2D eigenvalue weighted by Gasteiger charge is 2.22. The van der Waals surface area contributed by atoms with Crippen LogP contribution >= 0.6 is 0 Å². The molecule has 0 saturated carbocycles. The number of sulfonamides is 1. The van der Waals surface area contributed by atoms with Gasteiger partial charge in [-0.05, 0) is 31.9 Å². The lowest BCUT2D eigenvalue weighted by atomic mass is 10.2. The lowest BCUT2D eigenvalue weighted by molar-refractivity contribution is 0.289. The monoisotopic (exact) mass is 333 g/mol. The van der Waals surface area contributed by atoms with Crippen LogP contribution in [-0.2, 0) is 10.0 Å². The van der Waals surface area contributed by atoms with Crippen molar-refractivity contribution in [3.05, 3.63) is 54.1 Å². The summed E-state index contributed by atoms with van der Waals surface area (Å²) in [5, 5.41) is 8.67. The molecule has 1 aromatic rings. The van der Waals surface area contributed by atoms with Crippen molar-refractivity contribution in [1.29, 1.82) is 0 Å². The summed E-state index contributed by atoms with van der Waals surface area (Å²) in [5.41, 5.74) is 1.00. The van der Waals surface area contributed by atoms with E-state index in [9.17, 15) is 8.42 Å². The predicted molar refractivity (Wildman–Crippen MR) is 93.4 cm³/mol. The van der Waals surface area contributed by atoms with Crippen molar-refractivity contribution in [3.63, 3.8) is 0 Å². The first-order valence-corrected chi connectivity index (χ1v) is 8.89. The molecule has 23 heavy (non-hydrogen) atoms. The van der Waals surface area contributed by atoms with Crippen LogP contribution in [0.2, 0.25) is 0 Å². The van der Waals surface area contributed by atoms with Gasteiger partial charge in [0.15, 0.2) is 0 Å². The van der Waals surface area contributed by atoms with Gasteiger partial charge < -0.3 is 5.11 Å². The van der Waals surface area contributed by atoms with Crippen molar-refractivity contribution >= 4 is 10.0 Å². The van der Waals surface area contributed by atoms with E-state index in [1.807, 2.05) is 19.1 Å². The molecule has 0 aliphatic rings. The Morgan fingerprint density at radius 1 is 1.22 bits per heavy atom. The Balaban J connectivity index is 2.77. The third kappa shape index (κ3) is 6.41. The SMILES string of the molecule is C#CCN(C/C=C/C=C/CCCO)S(=O)(=O)c1ccc(C)cc1. The van der Waals surface area contributed by atoms with E-state index in [1.165, 1.54) is 4.31 Å². The quantitative estimate of drug-likeness (QED) is 0.429. The minimum absolute atomic E-state index is 0.0226. The van der Waals surface area contributed by atoms with Gasteiger partial charge in [0, 0.05) is 13.2 Å². The summed E-state index contributed by atoms with van der Waals surface area (Å²) in [6.07, 6.45) is 14.1. The number of rotatable bonds is 9. The second kappa shape index (κ2) is 10.0. The van der Waals surface area contributed by atoms with Crippen LogP contribution in [0.1, 0.15) is 18.4 Å². The smallest absolute Gasteiger partial charge is 0.244 e. The summed E-state index contributed by atoms with van der Waals surface area (Å²) >= 11 is 0. The van der Waals surface area contributed by atoms with Gasteiger partial charge in [-0.1, -0.05) is 47.9 Å². The van der Waals surface area contributed by atoms with E-state index in [-0.39, 0.29) is 24.6 Å². The van der Waals surface area contributed by atoms with Gasteiger partial charge in [-0.15, -0.1) is 6.42 Å². The normalized spacial score (nSPS) is 12.3. The minimum Gasteiger partial charge on any atom is -0.396 e. The summed E-state index contributed by atoms with van der Waals surface area (Å²) in [5.74, 6) is 2.39. The summed E-state index contributed by atoms with van der Waals surface area (Å²) in [6.45, 7) is 2.31. The number of aryl methyl sites for hydroxylation is 1. The Kier molecular flexibility index (Phi) is 8.35. The van der Waals surface area contributed by atoms with Crippen molar-refractivity contribution in [1.82, 2.24) is 4.31 Å². The fourth-order valence-corrected chi connectivity index (χ4v) is 3.15. The van der Waals surface area contributed by atoms with E-state index in [0.717, 1.165) is 18.4 Å². The van der Waals surface area contributed by atoms with Crippen LogP contribution in [0.3, 0.4) is 0 Å². The summed E-state index contributed by atoms with van der Waals surface area (Å²) < 4.78 is 26.4. The van der Waals surface area contributed by atoms with Crippen LogP contribution in [0.5, 0.6) is 0 Å². The largest absolute Gasteiger partial charge is 0.396 e. The van der Waals surface area contributed by atoms with Crippen molar-refractivity contribution in [2.24, 2.45) is 0 Å². The maximum absolute atomic E-state index is 12.6. The van der Waals surface area contributed by atoms with Crippen LogP contribution in [-0.4, -0.2) is 37.5 Å². The molecule has 0 aromatic heterocycles. The van der Waals surface area contributed by atoms with Gasteiger partial charge in [-0.25, -0.2) is 8.42 Å². The third-order valence-electron chi connectivity index (χ3n) is 3.15. The Hall–Kier alpha value is -1.87. The summed E-state index contributed by atoms with van der Waals surface area (Å²) in [6, 6.07) is 6.71. The molecule has 0 aliphatic heterocycles. The Bertz CT molecular complexity index is 667. The van der Waals surface area contributed by atoms with Crippen molar-refractivity contribution in [2.75, 3.05) is 19.7 Å². The van der Waals surface area contributed by atoms with Gasteiger partial charge in [-0.3, -0.25) is 0 Å². The first-order valence-electron chi connectivity index (χ1n) is 7.45. The molecule has 4 nitrogen and oxygen atoms in total. The van der Waals surface area contributed by atoms with Crippen LogP contribution in [0.4, 0.5) is 0 Å². The highest BCUT2D eigenvalue weighted by atomic mass is 32.2. The van der Waals surface area contributed by atoms with E-state index in [1.54, 1.807) is 36.4 Å². The van der Waals surface area contributed by atoms with Gasteiger partial charge in [0.25, 0.3) is 0 Å². The lowest BCUT2D eigenvalue weighted by Gasteiger charge is -2.18. The second-order valence-electron chi connectivity index (χ2n) is 5.04. The molecular formula is C18H23NO3S. The van der Waals surface area contributed by atoms with Crippen LogP contribution in [0.25, 0.3) is 0 Å². The summed E-state index contributed by atoms with van der Waals surface area (Å²) in [4.78, 5) is 0.241. The van der Waals surface area contributed by atoms with E-state index < -0.39 is 10.0 Å². The van der Waals surface area contributed by atoms with Crippen molar-refractivity contribution < 1.29 is 13.5 Å². The van der Waals surface area contributed by atoms with E-state index in [4.69, 9.17) is 11.5 Å². The third-order valence-corrected chi connectivity index (χ3v) is 4.97. The molecule has 1 N–H and O–H groups in total. The fourth-order valence-electron chi connectivity index (χ4n) is 1.85. The molecule has 0 radical (unpaired) electrons. The molecule has 0 unspecified atom stereocenters. The molecule has 0 bridgehead atoms. The van der Waals surface area contributed by atoms with Crippen molar-refractivity contribution in [3.8, 4) is 12.3 Å². The number of benzene rings is 1.